The molecular weight excluding hydrogens is 400 g/mol. The van der Waals surface area contributed by atoms with Crippen molar-refractivity contribution in [2.45, 2.75) is 24.5 Å². The summed E-state index contributed by atoms with van der Waals surface area (Å²) in [6, 6.07) is 1.16. The van der Waals surface area contributed by atoms with E-state index in [1.54, 1.807) is 0 Å². The second kappa shape index (κ2) is 8.71. The molecule has 0 amide bonds. The number of aromatic nitrogens is 2. The molecule has 11 nitrogen and oxygen atoms in total. The van der Waals surface area contributed by atoms with Crippen LogP contribution in [0.5, 0.6) is 0 Å². The zero-order valence-electron chi connectivity index (χ0n) is 15.8. The number of aromatic amines is 1. The molecule has 0 aromatic carbocycles. The number of nitrogens with one attached hydrogen (secondary N) is 1. The van der Waals surface area contributed by atoms with Gasteiger partial charge >= 0.3 is 157 Å². The Balaban J connectivity index is 2.37. The maximum absolute atomic E-state index is 12.1. The van der Waals surface area contributed by atoms with Crippen LogP contribution in [0.4, 0.5) is 0 Å². The third-order valence-electron chi connectivity index (χ3n) is 3.85. The molecule has 1 aromatic heterocycles. The molecule has 1 saturated heterocycles. The van der Waals surface area contributed by atoms with E-state index in [1.807, 2.05) is 21.8 Å². The predicted octanol–water partition coefficient (Wildman–Crippen LogP) is -2.01. The zero-order valence-corrected chi connectivity index (χ0v) is 17.7. The van der Waals surface area contributed by atoms with Crippen molar-refractivity contribution in [1.29, 1.82) is 0 Å². The first kappa shape index (κ1) is 22.5. The minimum absolute atomic E-state index is 0.0680. The van der Waals surface area contributed by atoms with Crippen molar-refractivity contribution in [1.82, 2.24) is 9.55 Å². The molecule has 2 N–H and O–H groups in total. The van der Waals surface area contributed by atoms with Crippen LogP contribution in [0.15, 0.2) is 21.9 Å². The zero-order chi connectivity index (χ0) is 20.4. The van der Waals surface area contributed by atoms with Gasteiger partial charge in [-0.05, 0) is 0 Å². The molecule has 5 atom stereocenters. The Morgan fingerprint density at radius 1 is 1.37 bits per heavy atom. The summed E-state index contributed by atoms with van der Waals surface area (Å²) in [4.78, 5) is 35.3. The molecule has 152 valence electrons. The summed E-state index contributed by atoms with van der Waals surface area (Å²) in [5, 5.41) is 0. The molecule has 1 aliphatic heterocycles. The third kappa shape index (κ3) is 5.85. The second-order valence-corrected chi connectivity index (χ2v) is 13.0. The van der Waals surface area contributed by atoms with Gasteiger partial charge < -0.3 is 0 Å². The van der Waals surface area contributed by atoms with E-state index in [4.69, 9.17) is 18.5 Å². The van der Waals surface area contributed by atoms with Gasteiger partial charge in [-0.15, -0.1) is 0 Å². The van der Waals surface area contributed by atoms with Crippen molar-refractivity contribution in [3.05, 3.63) is 33.1 Å². The van der Waals surface area contributed by atoms with Crippen LogP contribution in [0.2, 0.25) is 0 Å². The molecule has 2 rings (SSSR count). The fraction of sp³-hybridized carbons (Fsp3) is 0.667. The summed E-state index contributed by atoms with van der Waals surface area (Å²) in [7, 11) is 0.0470. The van der Waals surface area contributed by atoms with E-state index in [0.717, 1.165) is 17.7 Å². The first-order valence-electron chi connectivity index (χ1n) is 8.18. The van der Waals surface area contributed by atoms with Gasteiger partial charge in [0.15, 0.2) is 0 Å². The van der Waals surface area contributed by atoms with Gasteiger partial charge in [0.2, 0.25) is 0 Å². The SMILES string of the molecule is B[PH](B)(C)OC[C@H]1O[C@@H](n2ccc(=O)[nH]c2=O)C(OC)[C@H]1OP(=O)(O)OC. The number of phosphoric acid groups is 1. The topological polar surface area (TPSA) is 138 Å². The van der Waals surface area contributed by atoms with Crippen LogP contribution in [0, 0.1) is 0 Å². The molecular formula is C12H24B2N2O9P2. The summed E-state index contributed by atoms with van der Waals surface area (Å²) < 4.78 is 39.9. The molecule has 0 bridgehead atoms. The van der Waals surface area contributed by atoms with Gasteiger partial charge in [-0.3, -0.25) is 0 Å². The third-order valence-corrected chi connectivity index (χ3v) is 5.85. The number of hydrogen-bond donors (Lipinski definition) is 2. The molecule has 0 saturated carbocycles. The fourth-order valence-corrected chi connectivity index (χ4v) is 3.91. The normalized spacial score (nSPS) is 28.7. The van der Waals surface area contributed by atoms with Crippen LogP contribution in [-0.4, -0.2) is 75.4 Å². The van der Waals surface area contributed by atoms with E-state index >= 15 is 0 Å². The summed E-state index contributed by atoms with van der Waals surface area (Å²) >= 11 is 0. The number of H-pyrrole nitrogens is 1. The van der Waals surface area contributed by atoms with Gasteiger partial charge in [0.25, 0.3) is 0 Å². The summed E-state index contributed by atoms with van der Waals surface area (Å²) in [6.07, 6.45) is -2.53. The Hall–Kier alpha value is -0.770. The molecule has 0 aliphatic carbocycles. The number of phosphoric ester groups is 1. The Kier molecular flexibility index (Phi) is 7.27. The molecule has 1 aliphatic rings. The number of rotatable bonds is 8. The van der Waals surface area contributed by atoms with Crippen LogP contribution in [0.25, 0.3) is 0 Å². The van der Waals surface area contributed by atoms with Gasteiger partial charge in [0, 0.05) is 0 Å². The molecule has 1 fully saturated rings. The van der Waals surface area contributed by atoms with Gasteiger partial charge in [0.05, 0.1) is 0 Å². The van der Waals surface area contributed by atoms with E-state index in [0.29, 0.717) is 0 Å². The molecule has 27 heavy (non-hydrogen) atoms. The van der Waals surface area contributed by atoms with Crippen molar-refractivity contribution < 1.29 is 32.5 Å². The van der Waals surface area contributed by atoms with E-state index in [-0.39, 0.29) is 6.61 Å². The van der Waals surface area contributed by atoms with Crippen molar-refractivity contribution >= 4 is 30.2 Å². The molecule has 1 aromatic rings. The number of methoxy groups -OCH3 is 1. The Labute approximate surface area is 158 Å². The molecule has 2 unspecified atom stereocenters. The van der Waals surface area contributed by atoms with Gasteiger partial charge in [-0.1, -0.05) is 0 Å². The standard InChI is InChI=1S/C12H24B2N2O9P2/c1-21-10-9(25-27(19,20)22-2)7(6-23-26(3,13)14)24-11(10)16-5-4-8(17)15-12(16)18/h4-5,7,9-11,26H,6,13-14H2,1-3H3,(H,19,20)(H,15,17,18)/t7-,9+,10?,11-/m1/s1. The van der Waals surface area contributed by atoms with E-state index in [9.17, 15) is 19.0 Å². The van der Waals surface area contributed by atoms with Gasteiger partial charge in [0.1, 0.15) is 0 Å². The van der Waals surface area contributed by atoms with E-state index < -0.39 is 50.9 Å². The van der Waals surface area contributed by atoms with Crippen LogP contribution in [-0.2, 0) is 27.6 Å². The fourth-order valence-electron chi connectivity index (χ4n) is 2.60. The Bertz CT molecular complexity index is 811. The van der Waals surface area contributed by atoms with Gasteiger partial charge in [-0.2, -0.15) is 0 Å². The Morgan fingerprint density at radius 3 is 2.56 bits per heavy atom. The maximum atomic E-state index is 12.1. The number of ether oxygens (including phenoxy) is 2. The second-order valence-electron chi connectivity index (χ2n) is 6.93. The average molecular weight is 424 g/mol. The molecule has 0 radical (unpaired) electrons. The minimum atomic E-state index is -4.36. The first-order valence-corrected chi connectivity index (χ1v) is 13.1. The van der Waals surface area contributed by atoms with Crippen LogP contribution in [0.1, 0.15) is 6.23 Å². The molecule has 0 spiro atoms. The Morgan fingerprint density at radius 2 is 2.04 bits per heavy atom. The van der Waals surface area contributed by atoms with Crippen molar-refractivity contribution in [3.8, 4) is 0 Å². The monoisotopic (exact) mass is 424 g/mol. The molecule has 2 heterocycles. The van der Waals surface area contributed by atoms with Crippen LogP contribution >= 0.6 is 15.1 Å². The first-order chi connectivity index (χ1) is 12.5. The van der Waals surface area contributed by atoms with Crippen molar-refractivity contribution in [3.63, 3.8) is 0 Å². The number of nitrogens with zero attached hydrogens (tertiary/aromatic N) is 1. The molecule has 15 heteroatoms. The van der Waals surface area contributed by atoms with E-state index in [2.05, 4.69) is 9.51 Å². The van der Waals surface area contributed by atoms with Crippen molar-refractivity contribution in [2.75, 3.05) is 27.5 Å². The summed E-state index contributed by atoms with van der Waals surface area (Å²) in [5.74, 6) is 0. The summed E-state index contributed by atoms with van der Waals surface area (Å²) in [5.41, 5.74) is -1.27. The van der Waals surface area contributed by atoms with Crippen LogP contribution < -0.4 is 11.2 Å². The quantitative estimate of drug-likeness (QED) is 0.358. The van der Waals surface area contributed by atoms with Gasteiger partial charge in [-0.25, -0.2) is 0 Å². The average Bonchev–Trinajstić information content (AvgIpc) is 2.89. The predicted molar refractivity (Wildman–Crippen MR) is 105 cm³/mol. The number of hydrogen-bond acceptors (Lipinski definition) is 8. The van der Waals surface area contributed by atoms with Crippen molar-refractivity contribution in [2.24, 2.45) is 0 Å². The summed E-state index contributed by atoms with van der Waals surface area (Å²) in [6.45, 7) is 2.04. The van der Waals surface area contributed by atoms with Crippen LogP contribution in [0.3, 0.4) is 0 Å². The van der Waals surface area contributed by atoms with E-state index in [1.165, 1.54) is 13.3 Å².